The highest BCUT2D eigenvalue weighted by molar-refractivity contribution is 6.23. The maximum absolute atomic E-state index is 12.9. The number of piperidine rings is 1. The molecule has 4 N–H and O–H groups in total. The molecule has 1 unspecified atom stereocenters. The Morgan fingerprint density at radius 3 is 2.55 bits per heavy atom. The van der Waals surface area contributed by atoms with Crippen molar-refractivity contribution < 1.29 is 19.2 Å². The number of fused-ring (bicyclic) bond motifs is 1. The first-order valence-electron chi connectivity index (χ1n) is 10.3. The molecule has 29 heavy (non-hydrogen) atoms. The standard InChI is InChI=1S/C21H26N4O4/c22-15-4-2-1-3-5-16(15)23-11-12-6-7-13-14(10-12)21(29)25(20(13)28)17-8-9-18(26)24-19(17)27/h6-7,10,15-17,23H,1-5,8-9,11,22H2,(H,24,26,27)/t15-,16-,17?/m1/s1. The van der Waals surface area contributed by atoms with Gasteiger partial charge in [-0.15, -0.1) is 0 Å². The summed E-state index contributed by atoms with van der Waals surface area (Å²) < 4.78 is 0. The fraction of sp³-hybridized carbons (Fsp3) is 0.524. The van der Waals surface area contributed by atoms with Gasteiger partial charge in [0.05, 0.1) is 11.1 Å². The molecule has 2 fully saturated rings. The summed E-state index contributed by atoms with van der Waals surface area (Å²) in [5.74, 6) is -1.94. The van der Waals surface area contributed by atoms with E-state index in [9.17, 15) is 19.2 Å². The number of hydrogen-bond donors (Lipinski definition) is 3. The molecule has 0 bridgehead atoms. The van der Waals surface area contributed by atoms with Crippen molar-refractivity contribution in [3.8, 4) is 0 Å². The van der Waals surface area contributed by atoms with Gasteiger partial charge in [0.1, 0.15) is 6.04 Å². The van der Waals surface area contributed by atoms with Crippen LogP contribution < -0.4 is 16.4 Å². The van der Waals surface area contributed by atoms with Crippen LogP contribution >= 0.6 is 0 Å². The first-order chi connectivity index (χ1) is 14.0. The molecule has 4 amide bonds. The maximum atomic E-state index is 12.9. The van der Waals surface area contributed by atoms with Crippen molar-refractivity contribution in [1.29, 1.82) is 0 Å². The SMILES string of the molecule is N[C@@H]1CCCCC[C@H]1NCc1ccc2c(c1)C(=O)N(C1CCC(=O)NC1=O)C2=O. The number of amides is 4. The van der Waals surface area contributed by atoms with Crippen molar-refractivity contribution >= 4 is 23.6 Å². The van der Waals surface area contributed by atoms with E-state index in [2.05, 4.69) is 10.6 Å². The van der Waals surface area contributed by atoms with Crippen molar-refractivity contribution in [3.05, 3.63) is 34.9 Å². The molecule has 154 valence electrons. The van der Waals surface area contributed by atoms with Gasteiger partial charge >= 0.3 is 0 Å². The van der Waals surface area contributed by atoms with Gasteiger partial charge in [-0.05, 0) is 37.0 Å². The van der Waals surface area contributed by atoms with Crippen molar-refractivity contribution in [1.82, 2.24) is 15.5 Å². The maximum Gasteiger partial charge on any atom is 0.262 e. The predicted molar refractivity (Wildman–Crippen MR) is 105 cm³/mol. The second-order valence-corrected chi connectivity index (χ2v) is 8.12. The van der Waals surface area contributed by atoms with Crippen LogP contribution in [0.1, 0.15) is 71.2 Å². The van der Waals surface area contributed by atoms with E-state index in [1.807, 2.05) is 6.07 Å². The lowest BCUT2D eigenvalue weighted by atomic mass is 10.0. The van der Waals surface area contributed by atoms with Crippen LogP contribution in [-0.2, 0) is 16.1 Å². The first-order valence-corrected chi connectivity index (χ1v) is 10.3. The molecule has 2 heterocycles. The molecule has 3 aliphatic rings. The number of hydrogen-bond acceptors (Lipinski definition) is 6. The van der Waals surface area contributed by atoms with Crippen LogP contribution in [0, 0.1) is 0 Å². The average Bonchev–Trinajstić information content (AvgIpc) is 2.83. The number of nitrogens with zero attached hydrogens (tertiary/aromatic N) is 1. The highest BCUT2D eigenvalue weighted by Crippen LogP contribution is 2.28. The third-order valence-electron chi connectivity index (χ3n) is 6.14. The van der Waals surface area contributed by atoms with Crippen molar-refractivity contribution in [3.63, 3.8) is 0 Å². The third kappa shape index (κ3) is 3.82. The minimum Gasteiger partial charge on any atom is -0.326 e. The number of imide groups is 2. The number of carbonyl (C=O) groups is 4. The molecule has 1 saturated carbocycles. The third-order valence-corrected chi connectivity index (χ3v) is 6.14. The summed E-state index contributed by atoms with van der Waals surface area (Å²) in [6.07, 6.45) is 5.83. The van der Waals surface area contributed by atoms with Crippen LogP contribution in [-0.4, -0.2) is 46.7 Å². The predicted octanol–water partition coefficient (Wildman–Crippen LogP) is 0.837. The van der Waals surface area contributed by atoms with Crippen molar-refractivity contribution in [2.75, 3.05) is 0 Å². The number of nitrogens with one attached hydrogen (secondary N) is 2. The van der Waals surface area contributed by atoms with Gasteiger partial charge in [0.15, 0.2) is 0 Å². The van der Waals surface area contributed by atoms with E-state index >= 15 is 0 Å². The Labute approximate surface area is 169 Å². The molecule has 0 spiro atoms. The number of nitrogens with two attached hydrogens (primary N) is 1. The minimum atomic E-state index is -0.939. The normalized spacial score (nSPS) is 27.6. The molecular weight excluding hydrogens is 372 g/mol. The van der Waals surface area contributed by atoms with Gasteiger partial charge in [-0.2, -0.15) is 0 Å². The largest absolute Gasteiger partial charge is 0.326 e. The summed E-state index contributed by atoms with van der Waals surface area (Å²) in [6, 6.07) is 4.61. The van der Waals surface area contributed by atoms with E-state index in [1.165, 1.54) is 6.42 Å². The molecule has 3 atom stereocenters. The topological polar surface area (TPSA) is 122 Å². The zero-order chi connectivity index (χ0) is 20.5. The smallest absolute Gasteiger partial charge is 0.262 e. The van der Waals surface area contributed by atoms with Gasteiger partial charge < -0.3 is 11.1 Å². The van der Waals surface area contributed by atoms with E-state index in [1.54, 1.807) is 12.1 Å². The van der Waals surface area contributed by atoms with Gasteiger partial charge in [0, 0.05) is 25.0 Å². The van der Waals surface area contributed by atoms with E-state index in [0.29, 0.717) is 17.7 Å². The lowest BCUT2D eigenvalue weighted by Crippen LogP contribution is -2.54. The summed E-state index contributed by atoms with van der Waals surface area (Å²) in [6.45, 7) is 0.561. The molecular formula is C21H26N4O4. The number of rotatable bonds is 4. The van der Waals surface area contributed by atoms with Gasteiger partial charge in [-0.3, -0.25) is 29.4 Å². The van der Waals surface area contributed by atoms with E-state index in [4.69, 9.17) is 5.73 Å². The molecule has 1 aliphatic carbocycles. The van der Waals surface area contributed by atoms with Crippen LogP contribution in [0.4, 0.5) is 0 Å². The van der Waals surface area contributed by atoms with Crippen LogP contribution in [0.5, 0.6) is 0 Å². The molecule has 4 rings (SSSR count). The second-order valence-electron chi connectivity index (χ2n) is 8.12. The van der Waals surface area contributed by atoms with Gasteiger partial charge in [-0.1, -0.05) is 25.3 Å². The Bertz CT molecular complexity index is 868. The summed E-state index contributed by atoms with van der Waals surface area (Å²) >= 11 is 0. The molecule has 0 aromatic heterocycles. The van der Waals surface area contributed by atoms with E-state index in [0.717, 1.165) is 36.1 Å². The van der Waals surface area contributed by atoms with Gasteiger partial charge in [0.25, 0.3) is 11.8 Å². The highest BCUT2D eigenvalue weighted by atomic mass is 16.2. The van der Waals surface area contributed by atoms with Gasteiger partial charge in [0.2, 0.25) is 11.8 Å². The monoisotopic (exact) mass is 398 g/mol. The summed E-state index contributed by atoms with van der Waals surface area (Å²) in [7, 11) is 0. The fourth-order valence-corrected chi connectivity index (χ4v) is 4.47. The van der Waals surface area contributed by atoms with E-state index < -0.39 is 23.8 Å². The molecule has 8 nitrogen and oxygen atoms in total. The second kappa shape index (κ2) is 8.04. The molecule has 2 aliphatic heterocycles. The quantitative estimate of drug-likeness (QED) is 0.510. The summed E-state index contributed by atoms with van der Waals surface area (Å²) in [5, 5.41) is 5.70. The average molecular weight is 398 g/mol. The first kappa shape index (κ1) is 19.7. The zero-order valence-electron chi connectivity index (χ0n) is 16.3. The molecule has 8 heteroatoms. The lowest BCUT2D eigenvalue weighted by Gasteiger charge is -2.27. The zero-order valence-corrected chi connectivity index (χ0v) is 16.3. The molecule has 0 radical (unpaired) electrons. The van der Waals surface area contributed by atoms with Crippen LogP contribution in [0.25, 0.3) is 0 Å². The Morgan fingerprint density at radius 2 is 1.76 bits per heavy atom. The highest BCUT2D eigenvalue weighted by Gasteiger charge is 2.44. The van der Waals surface area contributed by atoms with E-state index in [-0.39, 0.29) is 30.8 Å². The molecule has 1 aromatic carbocycles. The van der Waals surface area contributed by atoms with Crippen LogP contribution in [0.3, 0.4) is 0 Å². The summed E-state index contributed by atoms with van der Waals surface area (Å²) in [5.41, 5.74) is 7.77. The van der Waals surface area contributed by atoms with Crippen molar-refractivity contribution in [2.24, 2.45) is 5.73 Å². The molecule has 1 aromatic rings. The van der Waals surface area contributed by atoms with Gasteiger partial charge in [-0.25, -0.2) is 0 Å². The fourth-order valence-electron chi connectivity index (χ4n) is 4.47. The number of carbonyl (C=O) groups excluding carboxylic acids is 4. The minimum absolute atomic E-state index is 0.112. The Kier molecular flexibility index (Phi) is 5.47. The van der Waals surface area contributed by atoms with Crippen molar-refractivity contribution in [2.45, 2.75) is 69.6 Å². The Hall–Kier alpha value is -2.58. The Balaban J connectivity index is 1.48. The van der Waals surface area contributed by atoms with Crippen LogP contribution in [0.2, 0.25) is 0 Å². The number of benzene rings is 1. The molecule has 1 saturated heterocycles. The Morgan fingerprint density at radius 1 is 1.00 bits per heavy atom. The summed E-state index contributed by atoms with van der Waals surface area (Å²) in [4.78, 5) is 50.1. The lowest BCUT2D eigenvalue weighted by molar-refractivity contribution is -0.136. The van der Waals surface area contributed by atoms with Crippen LogP contribution in [0.15, 0.2) is 18.2 Å².